The summed E-state index contributed by atoms with van der Waals surface area (Å²) in [5.74, 6) is 0.0917. The van der Waals surface area contributed by atoms with Crippen LogP contribution in [-0.2, 0) is 9.53 Å². The molecule has 0 spiro atoms. The normalized spacial score (nSPS) is 13.4. The predicted molar refractivity (Wildman–Crippen MR) is 113 cm³/mol. The van der Waals surface area contributed by atoms with Crippen LogP contribution in [0.5, 0.6) is 0 Å². The molecule has 0 bridgehead atoms. The maximum atomic E-state index is 9.68. The van der Waals surface area contributed by atoms with Crippen molar-refractivity contribution in [2.75, 3.05) is 31.7 Å². The standard InChI is InChI=1S/C16H13Cl2N3O.C4H8O3/c17-12-4-3-10-11(13-8-22-9-19-13)7-14(20-16(10)15(12)18)21-5-1-2-6-21;1-7-3-2-4(5)6/h3-4,7-9H,1-2,5-6H2;2-3H2,1H3,(H,5,6). The molecule has 1 N–H and O–H groups in total. The van der Waals surface area contributed by atoms with Crippen LogP contribution in [0.25, 0.3) is 22.2 Å². The van der Waals surface area contributed by atoms with Gasteiger partial charge >= 0.3 is 5.97 Å². The molecule has 1 fully saturated rings. The third-order valence-electron chi connectivity index (χ3n) is 4.52. The number of hydrogen-bond donors (Lipinski definition) is 1. The number of benzene rings is 1. The highest BCUT2D eigenvalue weighted by atomic mass is 35.5. The van der Waals surface area contributed by atoms with E-state index < -0.39 is 5.97 Å². The van der Waals surface area contributed by atoms with E-state index in [1.165, 1.54) is 26.3 Å². The number of carboxylic acids is 1. The number of rotatable bonds is 5. The summed E-state index contributed by atoms with van der Waals surface area (Å²) in [6.07, 6.45) is 5.51. The number of hydrogen-bond acceptors (Lipinski definition) is 6. The second kappa shape index (κ2) is 9.91. The van der Waals surface area contributed by atoms with E-state index in [2.05, 4.69) is 20.7 Å². The van der Waals surface area contributed by atoms with Gasteiger partial charge in [-0.05, 0) is 25.0 Å². The van der Waals surface area contributed by atoms with Crippen molar-refractivity contribution in [1.29, 1.82) is 0 Å². The van der Waals surface area contributed by atoms with Crippen LogP contribution in [-0.4, -0.2) is 47.8 Å². The molecule has 154 valence electrons. The summed E-state index contributed by atoms with van der Waals surface area (Å²) in [5.41, 5.74) is 2.43. The maximum Gasteiger partial charge on any atom is 0.305 e. The second-order valence-corrected chi connectivity index (χ2v) is 7.28. The number of ether oxygens (including phenoxy) is 1. The third-order valence-corrected chi connectivity index (χ3v) is 5.31. The van der Waals surface area contributed by atoms with Gasteiger partial charge in [-0.3, -0.25) is 4.79 Å². The van der Waals surface area contributed by atoms with E-state index in [-0.39, 0.29) is 6.42 Å². The summed E-state index contributed by atoms with van der Waals surface area (Å²) in [4.78, 5) is 20.9. The van der Waals surface area contributed by atoms with Gasteiger partial charge in [0.25, 0.3) is 0 Å². The van der Waals surface area contributed by atoms with Gasteiger partial charge in [0, 0.05) is 31.1 Å². The smallest absolute Gasteiger partial charge is 0.305 e. The lowest BCUT2D eigenvalue weighted by Gasteiger charge is -2.18. The highest BCUT2D eigenvalue weighted by Crippen LogP contribution is 2.37. The van der Waals surface area contributed by atoms with Crippen LogP contribution in [0.2, 0.25) is 10.0 Å². The van der Waals surface area contributed by atoms with Gasteiger partial charge in [-0.1, -0.05) is 29.3 Å². The Balaban J connectivity index is 0.000000298. The van der Waals surface area contributed by atoms with Crippen LogP contribution in [0.4, 0.5) is 5.82 Å². The molecule has 29 heavy (non-hydrogen) atoms. The van der Waals surface area contributed by atoms with E-state index in [1.807, 2.05) is 6.07 Å². The zero-order valence-electron chi connectivity index (χ0n) is 15.9. The average Bonchev–Trinajstić information content (AvgIpc) is 3.43. The molecule has 0 aliphatic carbocycles. The number of carboxylic acid groups (broad SMARTS) is 1. The van der Waals surface area contributed by atoms with Crippen molar-refractivity contribution < 1.29 is 19.1 Å². The topological polar surface area (TPSA) is 88.7 Å². The minimum absolute atomic E-state index is 0.0938. The largest absolute Gasteiger partial charge is 0.481 e. The van der Waals surface area contributed by atoms with Gasteiger partial charge in [-0.15, -0.1) is 0 Å². The number of oxazole rings is 1. The molecule has 4 rings (SSSR count). The molecule has 3 aromatic rings. The summed E-state index contributed by atoms with van der Waals surface area (Å²) in [5, 5.41) is 9.87. The minimum Gasteiger partial charge on any atom is -0.481 e. The molecule has 9 heteroatoms. The lowest BCUT2D eigenvalue weighted by molar-refractivity contribution is -0.137. The van der Waals surface area contributed by atoms with Gasteiger partial charge in [0.1, 0.15) is 17.8 Å². The van der Waals surface area contributed by atoms with E-state index in [9.17, 15) is 4.79 Å². The van der Waals surface area contributed by atoms with E-state index in [4.69, 9.17) is 37.7 Å². The number of pyridine rings is 1. The molecule has 1 aromatic carbocycles. The Hall–Kier alpha value is -2.35. The zero-order chi connectivity index (χ0) is 20.8. The Kier molecular flexibility index (Phi) is 7.30. The lowest BCUT2D eigenvalue weighted by Crippen LogP contribution is -2.19. The first-order chi connectivity index (χ1) is 14.0. The minimum atomic E-state index is -0.818. The number of aliphatic carboxylic acids is 1. The van der Waals surface area contributed by atoms with E-state index >= 15 is 0 Å². The fraction of sp³-hybridized carbons (Fsp3) is 0.350. The number of nitrogens with zero attached hydrogens (tertiary/aromatic N) is 3. The van der Waals surface area contributed by atoms with Gasteiger partial charge in [0.15, 0.2) is 6.39 Å². The highest BCUT2D eigenvalue weighted by molar-refractivity contribution is 6.45. The maximum absolute atomic E-state index is 9.68. The Labute approximate surface area is 178 Å². The first-order valence-electron chi connectivity index (χ1n) is 9.14. The Bertz CT molecular complexity index is 974. The fourth-order valence-corrected chi connectivity index (χ4v) is 3.43. The van der Waals surface area contributed by atoms with Crippen LogP contribution in [0.3, 0.4) is 0 Å². The van der Waals surface area contributed by atoms with Gasteiger partial charge in [-0.2, -0.15) is 0 Å². The molecule has 2 aromatic heterocycles. The van der Waals surface area contributed by atoms with E-state index in [0.29, 0.717) is 22.2 Å². The summed E-state index contributed by atoms with van der Waals surface area (Å²) < 4.78 is 9.60. The molecule has 3 heterocycles. The molecule has 0 saturated carbocycles. The zero-order valence-corrected chi connectivity index (χ0v) is 17.4. The third kappa shape index (κ3) is 5.18. The molecule has 0 radical (unpaired) electrons. The molecule has 0 atom stereocenters. The van der Waals surface area contributed by atoms with Crippen LogP contribution in [0.1, 0.15) is 19.3 Å². The number of halogens is 2. The summed E-state index contributed by atoms with van der Waals surface area (Å²) in [6, 6.07) is 5.76. The van der Waals surface area contributed by atoms with Gasteiger partial charge in [0.05, 0.1) is 28.6 Å². The van der Waals surface area contributed by atoms with Crippen molar-refractivity contribution in [1.82, 2.24) is 9.97 Å². The first-order valence-corrected chi connectivity index (χ1v) is 9.90. The number of carbonyl (C=O) groups is 1. The van der Waals surface area contributed by atoms with Crippen LogP contribution >= 0.6 is 23.2 Å². The fourth-order valence-electron chi connectivity index (χ4n) is 3.08. The van der Waals surface area contributed by atoms with Crippen LogP contribution < -0.4 is 4.90 Å². The molecule has 0 amide bonds. The molecule has 1 aliphatic rings. The molecule has 1 saturated heterocycles. The Morgan fingerprint density at radius 1 is 1.31 bits per heavy atom. The lowest BCUT2D eigenvalue weighted by atomic mass is 10.1. The van der Waals surface area contributed by atoms with E-state index in [0.717, 1.165) is 35.6 Å². The van der Waals surface area contributed by atoms with Crippen molar-refractivity contribution >= 4 is 45.9 Å². The van der Waals surface area contributed by atoms with Gasteiger partial charge in [-0.25, -0.2) is 9.97 Å². The van der Waals surface area contributed by atoms with Crippen molar-refractivity contribution in [2.45, 2.75) is 19.3 Å². The van der Waals surface area contributed by atoms with Crippen molar-refractivity contribution in [3.63, 3.8) is 0 Å². The molecular formula is C20H21Cl2N3O4. The Morgan fingerprint density at radius 2 is 2.07 bits per heavy atom. The number of anilines is 1. The Morgan fingerprint density at radius 3 is 2.66 bits per heavy atom. The molecular weight excluding hydrogens is 417 g/mol. The van der Waals surface area contributed by atoms with Crippen LogP contribution in [0.15, 0.2) is 35.3 Å². The number of aromatic nitrogens is 2. The molecule has 0 unspecified atom stereocenters. The summed E-state index contributed by atoms with van der Waals surface area (Å²) >= 11 is 12.5. The number of methoxy groups -OCH3 is 1. The predicted octanol–water partition coefficient (Wildman–Crippen LogP) is 4.90. The number of fused-ring (bicyclic) bond motifs is 1. The highest BCUT2D eigenvalue weighted by Gasteiger charge is 2.19. The van der Waals surface area contributed by atoms with Gasteiger partial charge in [0.2, 0.25) is 0 Å². The summed E-state index contributed by atoms with van der Waals surface area (Å²) in [6.45, 7) is 2.32. The molecule has 1 aliphatic heterocycles. The average molecular weight is 438 g/mol. The van der Waals surface area contributed by atoms with Gasteiger partial charge < -0.3 is 19.2 Å². The monoisotopic (exact) mass is 437 g/mol. The summed E-state index contributed by atoms with van der Waals surface area (Å²) in [7, 11) is 1.48. The van der Waals surface area contributed by atoms with Crippen molar-refractivity contribution in [3.8, 4) is 11.3 Å². The quantitative estimate of drug-likeness (QED) is 0.606. The van der Waals surface area contributed by atoms with Crippen LogP contribution in [0, 0.1) is 0 Å². The van der Waals surface area contributed by atoms with Crippen molar-refractivity contribution in [2.24, 2.45) is 0 Å². The van der Waals surface area contributed by atoms with E-state index in [1.54, 1.807) is 12.3 Å². The first kappa shape index (κ1) is 21.4. The van der Waals surface area contributed by atoms with Crippen molar-refractivity contribution in [3.05, 3.63) is 40.9 Å². The second-order valence-electron chi connectivity index (χ2n) is 6.49. The molecule has 7 nitrogen and oxygen atoms in total. The SMILES string of the molecule is COCCC(=O)O.Clc1ccc2c(-c3cocn3)cc(N3CCCC3)nc2c1Cl.